The molecule has 0 aromatic heterocycles. The van der Waals surface area contributed by atoms with Gasteiger partial charge in [-0.1, -0.05) is 0 Å². The minimum atomic E-state index is -0.234. The van der Waals surface area contributed by atoms with Crippen LogP contribution in [0.4, 0.5) is 0 Å². The van der Waals surface area contributed by atoms with Gasteiger partial charge >= 0.3 is 5.97 Å². The average molecular weight is 163 g/mol. The maximum absolute atomic E-state index is 10.7. The number of methoxy groups -OCH3 is 1. The molecule has 0 saturated heterocycles. The molecule has 0 radical (unpaired) electrons. The Morgan fingerprint density at radius 1 is 1.80 bits per heavy atom. The van der Waals surface area contributed by atoms with E-state index in [1.807, 2.05) is 0 Å². The van der Waals surface area contributed by atoms with Crippen LogP contribution in [-0.2, 0) is 9.53 Å². The Morgan fingerprint density at radius 3 is 2.80 bits per heavy atom. The van der Waals surface area contributed by atoms with Crippen molar-refractivity contribution < 1.29 is 9.53 Å². The van der Waals surface area contributed by atoms with Gasteiger partial charge in [-0.3, -0.25) is 4.79 Å². The van der Waals surface area contributed by atoms with Crippen molar-refractivity contribution in [1.29, 1.82) is 0 Å². The molecule has 60 valence electrons. The second-order valence-electron chi connectivity index (χ2n) is 1.92. The second-order valence-corrected chi connectivity index (χ2v) is 2.37. The van der Waals surface area contributed by atoms with Gasteiger partial charge in [-0.05, 0) is 6.92 Å². The third-order valence-electron chi connectivity index (χ3n) is 1.12. The first-order valence-corrected chi connectivity index (χ1v) is 3.77. The van der Waals surface area contributed by atoms with Crippen LogP contribution in [0.1, 0.15) is 6.92 Å². The number of hydrogen-bond acceptors (Lipinski definition) is 4. The summed E-state index contributed by atoms with van der Waals surface area (Å²) in [5.41, 5.74) is 0. The molecule has 3 nitrogen and oxygen atoms in total. The summed E-state index contributed by atoms with van der Waals surface area (Å²) in [5.74, 6) is 0.489. The van der Waals surface area contributed by atoms with E-state index in [1.54, 1.807) is 6.92 Å². The molecular formula is C6H13NO2S. The molecule has 0 heterocycles. The Labute approximate surface area is 66.5 Å². The van der Waals surface area contributed by atoms with E-state index in [2.05, 4.69) is 22.7 Å². The normalized spacial score (nSPS) is 12.7. The van der Waals surface area contributed by atoms with Crippen LogP contribution < -0.4 is 5.32 Å². The lowest BCUT2D eigenvalue weighted by Crippen LogP contribution is -2.35. The standard InChI is InChI=1S/C6H13NO2S/c1-5(6(8)9-2)7-3-4-10/h5,7,10H,3-4H2,1-2H3. The minimum Gasteiger partial charge on any atom is -0.468 e. The fourth-order valence-corrected chi connectivity index (χ4v) is 0.670. The van der Waals surface area contributed by atoms with Gasteiger partial charge in [0.2, 0.25) is 0 Å². The molecule has 0 bridgehead atoms. The number of esters is 1. The third kappa shape index (κ3) is 3.74. The van der Waals surface area contributed by atoms with E-state index in [0.717, 1.165) is 12.3 Å². The summed E-state index contributed by atoms with van der Waals surface area (Å²) in [6, 6.07) is -0.225. The number of hydrogen-bond donors (Lipinski definition) is 2. The molecule has 1 N–H and O–H groups in total. The van der Waals surface area contributed by atoms with Crippen molar-refractivity contribution >= 4 is 18.6 Å². The molecule has 0 spiro atoms. The summed E-state index contributed by atoms with van der Waals surface area (Å²) >= 11 is 3.98. The number of carbonyl (C=O) groups is 1. The van der Waals surface area contributed by atoms with Crippen LogP contribution in [0.2, 0.25) is 0 Å². The summed E-state index contributed by atoms with van der Waals surface area (Å²) in [7, 11) is 1.38. The van der Waals surface area contributed by atoms with E-state index in [1.165, 1.54) is 7.11 Å². The zero-order valence-corrected chi connectivity index (χ0v) is 7.15. The topological polar surface area (TPSA) is 38.3 Å². The minimum absolute atomic E-state index is 0.225. The third-order valence-corrected chi connectivity index (χ3v) is 1.34. The van der Waals surface area contributed by atoms with Crippen molar-refractivity contribution in [3.8, 4) is 0 Å². The van der Waals surface area contributed by atoms with Gasteiger partial charge in [-0.2, -0.15) is 12.6 Å². The SMILES string of the molecule is COC(=O)C(C)NCCS. The van der Waals surface area contributed by atoms with Crippen LogP contribution in [0.3, 0.4) is 0 Å². The first kappa shape index (κ1) is 9.78. The molecule has 1 unspecified atom stereocenters. The monoisotopic (exact) mass is 163 g/mol. The maximum atomic E-state index is 10.7. The predicted molar refractivity (Wildman–Crippen MR) is 43.3 cm³/mol. The Morgan fingerprint density at radius 2 is 2.40 bits per heavy atom. The van der Waals surface area contributed by atoms with Gasteiger partial charge in [-0.25, -0.2) is 0 Å². The number of carbonyl (C=O) groups excluding carboxylic acids is 1. The van der Waals surface area contributed by atoms with Crippen LogP contribution >= 0.6 is 12.6 Å². The van der Waals surface area contributed by atoms with Crippen LogP contribution in [0.5, 0.6) is 0 Å². The maximum Gasteiger partial charge on any atom is 0.322 e. The molecule has 0 amide bonds. The summed E-state index contributed by atoms with van der Waals surface area (Å²) < 4.78 is 4.48. The van der Waals surface area contributed by atoms with Gasteiger partial charge in [0, 0.05) is 12.3 Å². The van der Waals surface area contributed by atoms with Crippen molar-refractivity contribution in [3.05, 3.63) is 0 Å². The van der Waals surface area contributed by atoms with Crippen molar-refractivity contribution in [3.63, 3.8) is 0 Å². The molecule has 0 rings (SSSR count). The molecule has 1 atom stereocenters. The van der Waals surface area contributed by atoms with Gasteiger partial charge in [0.25, 0.3) is 0 Å². The molecule has 10 heavy (non-hydrogen) atoms. The second kappa shape index (κ2) is 5.56. The highest BCUT2D eigenvalue weighted by Crippen LogP contribution is 1.84. The van der Waals surface area contributed by atoms with Crippen LogP contribution in [0.25, 0.3) is 0 Å². The van der Waals surface area contributed by atoms with Gasteiger partial charge in [0.15, 0.2) is 0 Å². The summed E-state index contributed by atoms with van der Waals surface area (Å²) in [4.78, 5) is 10.7. The average Bonchev–Trinajstić information content (AvgIpc) is 1.98. The van der Waals surface area contributed by atoms with E-state index in [-0.39, 0.29) is 12.0 Å². The molecule has 0 aliphatic carbocycles. The Balaban J connectivity index is 3.41. The first-order chi connectivity index (χ1) is 4.72. The highest BCUT2D eigenvalue weighted by Gasteiger charge is 2.09. The van der Waals surface area contributed by atoms with Crippen molar-refractivity contribution in [1.82, 2.24) is 5.32 Å². The molecular weight excluding hydrogens is 150 g/mol. The Kier molecular flexibility index (Phi) is 5.43. The highest BCUT2D eigenvalue weighted by atomic mass is 32.1. The lowest BCUT2D eigenvalue weighted by Gasteiger charge is -2.09. The van der Waals surface area contributed by atoms with Gasteiger partial charge in [-0.15, -0.1) is 0 Å². The molecule has 0 aliphatic heterocycles. The Hall–Kier alpha value is -0.220. The molecule has 0 saturated carbocycles. The number of thiol groups is 1. The first-order valence-electron chi connectivity index (χ1n) is 3.14. The Bertz CT molecular complexity index is 108. The molecule has 4 heteroatoms. The molecule has 0 aliphatic rings. The lowest BCUT2D eigenvalue weighted by molar-refractivity contribution is -0.142. The zero-order chi connectivity index (χ0) is 7.98. The van der Waals surface area contributed by atoms with Gasteiger partial charge in [0.05, 0.1) is 7.11 Å². The van der Waals surface area contributed by atoms with E-state index in [0.29, 0.717) is 0 Å². The largest absolute Gasteiger partial charge is 0.468 e. The van der Waals surface area contributed by atoms with Crippen LogP contribution in [0.15, 0.2) is 0 Å². The quantitative estimate of drug-likeness (QED) is 0.455. The number of rotatable bonds is 4. The van der Waals surface area contributed by atoms with E-state index >= 15 is 0 Å². The fraction of sp³-hybridized carbons (Fsp3) is 0.833. The van der Waals surface area contributed by atoms with E-state index < -0.39 is 0 Å². The number of ether oxygens (including phenoxy) is 1. The van der Waals surface area contributed by atoms with E-state index in [9.17, 15) is 4.79 Å². The summed E-state index contributed by atoms with van der Waals surface area (Å²) in [6.45, 7) is 2.48. The predicted octanol–water partition coefficient (Wildman–Crippen LogP) is 0.0673. The summed E-state index contributed by atoms with van der Waals surface area (Å²) in [5, 5.41) is 2.93. The molecule has 0 fully saturated rings. The van der Waals surface area contributed by atoms with Crippen LogP contribution in [-0.4, -0.2) is 31.4 Å². The smallest absolute Gasteiger partial charge is 0.322 e. The summed E-state index contributed by atoms with van der Waals surface area (Å²) in [6.07, 6.45) is 0. The van der Waals surface area contributed by atoms with Crippen molar-refractivity contribution in [2.24, 2.45) is 0 Å². The van der Waals surface area contributed by atoms with Gasteiger partial charge < -0.3 is 10.1 Å². The van der Waals surface area contributed by atoms with Crippen molar-refractivity contribution in [2.45, 2.75) is 13.0 Å². The zero-order valence-electron chi connectivity index (χ0n) is 6.26. The molecule has 0 aromatic carbocycles. The highest BCUT2D eigenvalue weighted by molar-refractivity contribution is 7.80. The molecule has 0 aromatic rings. The van der Waals surface area contributed by atoms with Crippen molar-refractivity contribution in [2.75, 3.05) is 19.4 Å². The van der Waals surface area contributed by atoms with E-state index in [4.69, 9.17) is 0 Å². The van der Waals surface area contributed by atoms with Crippen LogP contribution in [0, 0.1) is 0 Å². The van der Waals surface area contributed by atoms with Gasteiger partial charge in [0.1, 0.15) is 6.04 Å². The lowest BCUT2D eigenvalue weighted by atomic mass is 10.3. The number of nitrogens with one attached hydrogen (secondary N) is 1. The fourth-order valence-electron chi connectivity index (χ4n) is 0.541.